The van der Waals surface area contributed by atoms with Crippen LogP contribution in [-0.2, 0) is 10.8 Å². The summed E-state index contributed by atoms with van der Waals surface area (Å²) in [5.74, 6) is -0.461. The summed E-state index contributed by atoms with van der Waals surface area (Å²) >= 11 is 5.93. The summed E-state index contributed by atoms with van der Waals surface area (Å²) in [6.07, 6.45) is 3.76. The van der Waals surface area contributed by atoms with E-state index in [2.05, 4.69) is 13.0 Å². The van der Waals surface area contributed by atoms with Gasteiger partial charge in [-0.2, -0.15) is 8.78 Å². The molecule has 0 saturated carbocycles. The van der Waals surface area contributed by atoms with Gasteiger partial charge in [0.05, 0.1) is 12.2 Å². The van der Waals surface area contributed by atoms with Crippen LogP contribution in [0.3, 0.4) is 0 Å². The van der Waals surface area contributed by atoms with Crippen molar-refractivity contribution in [3.05, 3.63) is 70.0 Å². The van der Waals surface area contributed by atoms with Crippen LogP contribution in [0.4, 0.5) is 13.2 Å². The summed E-state index contributed by atoms with van der Waals surface area (Å²) in [4.78, 5) is 0. The molecule has 2 atom stereocenters. The maximum atomic E-state index is 14.7. The molecule has 6 heteroatoms. The highest BCUT2D eigenvalue weighted by Crippen LogP contribution is 2.41. The van der Waals surface area contributed by atoms with Crippen molar-refractivity contribution in [2.75, 3.05) is 6.61 Å². The molecule has 0 N–H and O–H groups in total. The topological polar surface area (TPSA) is 21.8 Å². The first kappa shape index (κ1) is 21.3. The molecule has 1 aliphatic heterocycles. The lowest BCUT2D eigenvalue weighted by atomic mass is 9.84. The Hall–Kier alpha value is -1.98. The molecule has 2 aromatic carbocycles. The minimum absolute atomic E-state index is 0.252. The highest BCUT2D eigenvalue weighted by atomic mass is 35.5. The van der Waals surface area contributed by atoms with Gasteiger partial charge >= 0.3 is 6.11 Å². The predicted octanol–water partition coefficient (Wildman–Crippen LogP) is 7.66. The number of hydrogen-bond donors (Lipinski definition) is 0. The molecule has 4 rings (SSSR count). The Morgan fingerprint density at radius 1 is 1.17 bits per heavy atom. The maximum Gasteiger partial charge on any atom is 0.426 e. The van der Waals surface area contributed by atoms with E-state index in [1.54, 1.807) is 12.1 Å². The highest BCUT2D eigenvalue weighted by molar-refractivity contribution is 6.32. The van der Waals surface area contributed by atoms with Gasteiger partial charge in [0, 0.05) is 5.56 Å². The van der Waals surface area contributed by atoms with Gasteiger partial charge in [-0.25, -0.2) is 4.39 Å². The van der Waals surface area contributed by atoms with Crippen molar-refractivity contribution in [1.29, 1.82) is 0 Å². The monoisotopic (exact) mass is 436 g/mol. The lowest BCUT2D eigenvalue weighted by molar-refractivity contribution is -0.185. The zero-order chi connectivity index (χ0) is 21.3. The van der Waals surface area contributed by atoms with E-state index < -0.39 is 22.7 Å². The summed E-state index contributed by atoms with van der Waals surface area (Å²) in [6, 6.07) is 8.71. The van der Waals surface area contributed by atoms with Crippen molar-refractivity contribution in [3.63, 3.8) is 0 Å². The Morgan fingerprint density at radius 2 is 1.90 bits per heavy atom. The third-order valence-corrected chi connectivity index (χ3v) is 6.16. The van der Waals surface area contributed by atoms with E-state index in [-0.39, 0.29) is 17.2 Å². The van der Waals surface area contributed by atoms with Crippen molar-refractivity contribution in [2.24, 2.45) is 5.92 Å². The fourth-order valence-electron chi connectivity index (χ4n) is 4.00. The predicted molar refractivity (Wildman–Crippen MR) is 111 cm³/mol. The van der Waals surface area contributed by atoms with Crippen molar-refractivity contribution in [1.82, 2.24) is 0 Å². The van der Waals surface area contributed by atoms with Gasteiger partial charge in [0.15, 0.2) is 5.82 Å². The van der Waals surface area contributed by atoms with Gasteiger partial charge in [-0.15, -0.1) is 0 Å². The SMILES string of the molecule is CCCC1CC=C(c2ccc(C(F)(F)Oc3ccc(C4CO4)c(F)c3Cl)cc2)CC1. The van der Waals surface area contributed by atoms with Crippen LogP contribution in [0, 0.1) is 11.7 Å². The fraction of sp³-hybridized carbons (Fsp3) is 0.417. The summed E-state index contributed by atoms with van der Waals surface area (Å²) < 4.78 is 53.6. The van der Waals surface area contributed by atoms with E-state index in [1.165, 1.54) is 42.7 Å². The normalized spacial score (nSPS) is 21.3. The van der Waals surface area contributed by atoms with Crippen LogP contribution in [0.5, 0.6) is 5.75 Å². The molecule has 0 aromatic heterocycles. The second-order valence-electron chi connectivity index (χ2n) is 7.96. The van der Waals surface area contributed by atoms with Gasteiger partial charge in [-0.05, 0) is 60.6 Å². The van der Waals surface area contributed by atoms with Crippen molar-refractivity contribution in [3.8, 4) is 5.75 Å². The molecule has 30 heavy (non-hydrogen) atoms. The van der Waals surface area contributed by atoms with Crippen LogP contribution < -0.4 is 4.74 Å². The Morgan fingerprint density at radius 3 is 2.50 bits per heavy atom. The molecule has 0 spiro atoms. The van der Waals surface area contributed by atoms with E-state index >= 15 is 0 Å². The first-order chi connectivity index (χ1) is 14.4. The number of benzene rings is 2. The summed E-state index contributed by atoms with van der Waals surface area (Å²) in [6.45, 7) is 2.59. The summed E-state index contributed by atoms with van der Waals surface area (Å²) in [5.41, 5.74) is 2.09. The second-order valence-corrected chi connectivity index (χ2v) is 8.34. The van der Waals surface area contributed by atoms with E-state index in [1.807, 2.05) is 0 Å². The van der Waals surface area contributed by atoms with Gasteiger partial charge in [0.2, 0.25) is 0 Å². The lowest BCUT2D eigenvalue weighted by Crippen LogP contribution is -2.22. The Bertz CT molecular complexity index is 936. The molecule has 2 unspecified atom stereocenters. The Balaban J connectivity index is 1.48. The van der Waals surface area contributed by atoms with Crippen molar-refractivity contribution < 1.29 is 22.6 Å². The third-order valence-electron chi connectivity index (χ3n) is 5.80. The number of ether oxygens (including phenoxy) is 2. The quantitative estimate of drug-likeness (QED) is 0.415. The molecular weight excluding hydrogens is 413 g/mol. The first-order valence-corrected chi connectivity index (χ1v) is 10.7. The Labute approximate surface area is 179 Å². The zero-order valence-electron chi connectivity index (χ0n) is 16.8. The van der Waals surface area contributed by atoms with Gasteiger partial charge in [-0.3, -0.25) is 0 Å². The molecule has 1 aliphatic carbocycles. The smallest absolute Gasteiger partial charge is 0.426 e. The molecule has 0 bridgehead atoms. The van der Waals surface area contributed by atoms with Gasteiger partial charge in [-0.1, -0.05) is 49.6 Å². The van der Waals surface area contributed by atoms with Gasteiger partial charge in [0.25, 0.3) is 0 Å². The number of epoxide rings is 1. The number of rotatable bonds is 7. The molecule has 0 amide bonds. The van der Waals surface area contributed by atoms with Crippen molar-refractivity contribution in [2.45, 2.75) is 51.2 Å². The second kappa shape index (κ2) is 8.64. The summed E-state index contributed by atoms with van der Waals surface area (Å²) in [5, 5.41) is -0.465. The number of halogens is 4. The van der Waals surface area contributed by atoms with E-state index in [4.69, 9.17) is 21.1 Å². The standard InChI is InChI=1S/C24H24ClF3O2/c1-2-3-15-4-6-16(7-5-15)17-8-10-18(11-9-17)24(27,28)30-20-13-12-19(21-14-29-21)23(26)22(20)25/h6,8-13,15,21H,2-5,7,14H2,1H3. The molecule has 2 aliphatic rings. The molecule has 160 valence electrons. The van der Waals surface area contributed by atoms with Gasteiger partial charge < -0.3 is 9.47 Å². The molecule has 1 fully saturated rings. The average Bonchev–Trinajstić information content (AvgIpc) is 3.58. The van der Waals surface area contributed by atoms with Crippen LogP contribution in [-0.4, -0.2) is 6.61 Å². The van der Waals surface area contributed by atoms with Gasteiger partial charge in [0.1, 0.15) is 16.9 Å². The molecule has 0 radical (unpaired) electrons. The van der Waals surface area contributed by atoms with Crippen LogP contribution >= 0.6 is 11.6 Å². The average molecular weight is 437 g/mol. The number of alkyl halides is 2. The summed E-state index contributed by atoms with van der Waals surface area (Å²) in [7, 11) is 0. The van der Waals surface area contributed by atoms with E-state index in [0.29, 0.717) is 6.61 Å². The largest absolute Gasteiger partial charge is 0.427 e. The van der Waals surface area contributed by atoms with Crippen LogP contribution in [0.1, 0.15) is 61.8 Å². The molecule has 2 nitrogen and oxygen atoms in total. The molecule has 1 heterocycles. The lowest BCUT2D eigenvalue weighted by Gasteiger charge is -2.22. The van der Waals surface area contributed by atoms with Crippen LogP contribution in [0.15, 0.2) is 42.5 Å². The van der Waals surface area contributed by atoms with Crippen LogP contribution in [0.2, 0.25) is 5.02 Å². The minimum Gasteiger partial charge on any atom is -0.427 e. The zero-order valence-corrected chi connectivity index (χ0v) is 17.5. The Kier molecular flexibility index (Phi) is 6.12. The third kappa shape index (κ3) is 4.52. The first-order valence-electron chi connectivity index (χ1n) is 10.3. The maximum absolute atomic E-state index is 14.7. The number of allylic oxidation sites excluding steroid dienone is 2. The van der Waals surface area contributed by atoms with Crippen molar-refractivity contribution >= 4 is 17.2 Å². The number of hydrogen-bond acceptors (Lipinski definition) is 2. The molecule has 1 saturated heterocycles. The molecular formula is C24H24ClF3O2. The molecule has 2 aromatic rings. The minimum atomic E-state index is -3.64. The highest BCUT2D eigenvalue weighted by Gasteiger charge is 2.37. The fourth-order valence-corrected chi connectivity index (χ4v) is 4.21. The van der Waals surface area contributed by atoms with Crippen LogP contribution in [0.25, 0.3) is 5.57 Å². The van der Waals surface area contributed by atoms with E-state index in [0.717, 1.165) is 30.7 Å². The van der Waals surface area contributed by atoms with E-state index in [9.17, 15) is 13.2 Å².